The second kappa shape index (κ2) is 6.24. The summed E-state index contributed by atoms with van der Waals surface area (Å²) in [5.41, 5.74) is 0.225. The number of rotatable bonds is 4. The van der Waals surface area contributed by atoms with Crippen LogP contribution in [0.4, 0.5) is 0 Å². The maximum atomic E-state index is 10.7. The largest absolute Gasteiger partial charge is 0.480 e. The summed E-state index contributed by atoms with van der Waals surface area (Å²) in [6.45, 7) is 11.5. The van der Waals surface area contributed by atoms with Gasteiger partial charge in [-0.3, -0.25) is 14.6 Å². The molecule has 1 aliphatic heterocycles. The van der Waals surface area contributed by atoms with Gasteiger partial charge in [-0.25, -0.2) is 0 Å². The first-order valence-electron chi connectivity index (χ1n) is 7.10. The summed E-state index contributed by atoms with van der Waals surface area (Å²) in [6, 6.07) is 4.47. The lowest BCUT2D eigenvalue weighted by Gasteiger charge is -2.33. The van der Waals surface area contributed by atoms with Crippen molar-refractivity contribution in [2.24, 2.45) is 0 Å². The zero-order chi connectivity index (χ0) is 14.8. The van der Waals surface area contributed by atoms with Crippen LogP contribution in [0, 0.1) is 0 Å². The standard InChI is InChI=1S/C15H24N2O2S/c1-15(2,3)13-5-4-12(20-13)10-16-6-8-17(9-7-16)11-14(18)19/h4-5H,6-11H2,1-3H3,(H,18,19). The highest BCUT2D eigenvalue weighted by Crippen LogP contribution is 2.30. The lowest BCUT2D eigenvalue weighted by molar-refractivity contribution is -0.138. The fourth-order valence-electron chi connectivity index (χ4n) is 2.38. The third-order valence-electron chi connectivity index (χ3n) is 3.60. The molecule has 4 nitrogen and oxygen atoms in total. The zero-order valence-electron chi connectivity index (χ0n) is 12.6. The summed E-state index contributed by atoms with van der Waals surface area (Å²) in [5.74, 6) is -0.730. The van der Waals surface area contributed by atoms with Crippen molar-refractivity contribution >= 4 is 17.3 Å². The highest BCUT2D eigenvalue weighted by molar-refractivity contribution is 7.12. The van der Waals surface area contributed by atoms with Gasteiger partial charge in [0.1, 0.15) is 0 Å². The highest BCUT2D eigenvalue weighted by Gasteiger charge is 2.20. The quantitative estimate of drug-likeness (QED) is 0.925. The molecule has 0 amide bonds. The number of nitrogens with zero attached hydrogens (tertiary/aromatic N) is 2. The molecule has 0 saturated carbocycles. The van der Waals surface area contributed by atoms with Gasteiger partial charge < -0.3 is 5.11 Å². The normalized spacial score (nSPS) is 18.4. The SMILES string of the molecule is CC(C)(C)c1ccc(CN2CCN(CC(=O)O)CC2)s1. The van der Waals surface area contributed by atoms with E-state index in [9.17, 15) is 4.79 Å². The molecule has 0 spiro atoms. The van der Waals surface area contributed by atoms with Gasteiger partial charge >= 0.3 is 5.97 Å². The van der Waals surface area contributed by atoms with Crippen LogP contribution < -0.4 is 0 Å². The Kier molecular flexibility index (Phi) is 4.83. The first-order valence-corrected chi connectivity index (χ1v) is 7.92. The molecule has 1 aliphatic rings. The number of carbonyl (C=O) groups is 1. The van der Waals surface area contributed by atoms with E-state index in [0.29, 0.717) is 0 Å². The van der Waals surface area contributed by atoms with E-state index in [1.807, 2.05) is 16.2 Å². The highest BCUT2D eigenvalue weighted by atomic mass is 32.1. The Labute approximate surface area is 125 Å². The van der Waals surface area contributed by atoms with Gasteiger partial charge in [-0.05, 0) is 17.5 Å². The smallest absolute Gasteiger partial charge is 0.317 e. The molecule has 20 heavy (non-hydrogen) atoms. The molecular weight excluding hydrogens is 272 g/mol. The van der Waals surface area contributed by atoms with Gasteiger partial charge in [0.15, 0.2) is 0 Å². The molecule has 0 bridgehead atoms. The molecule has 2 rings (SSSR count). The van der Waals surface area contributed by atoms with Crippen LogP contribution in [0.2, 0.25) is 0 Å². The molecule has 5 heteroatoms. The van der Waals surface area contributed by atoms with Gasteiger partial charge in [0, 0.05) is 42.5 Å². The van der Waals surface area contributed by atoms with Crippen molar-refractivity contribution in [3.8, 4) is 0 Å². The molecule has 0 aromatic carbocycles. The summed E-state index contributed by atoms with van der Waals surface area (Å²) < 4.78 is 0. The average Bonchev–Trinajstić information content (AvgIpc) is 2.79. The van der Waals surface area contributed by atoms with E-state index < -0.39 is 5.97 Å². The van der Waals surface area contributed by atoms with Crippen LogP contribution in [0.15, 0.2) is 12.1 Å². The minimum atomic E-state index is -0.730. The molecule has 1 N–H and O–H groups in total. The van der Waals surface area contributed by atoms with Gasteiger partial charge in [0.2, 0.25) is 0 Å². The van der Waals surface area contributed by atoms with Crippen LogP contribution in [0.1, 0.15) is 30.5 Å². The Hall–Kier alpha value is -0.910. The number of piperazine rings is 1. The molecule has 1 aromatic rings. The minimum Gasteiger partial charge on any atom is -0.480 e. The van der Waals surface area contributed by atoms with Crippen molar-refractivity contribution in [1.82, 2.24) is 9.80 Å². The summed E-state index contributed by atoms with van der Waals surface area (Å²) in [5, 5.41) is 8.79. The first kappa shape index (κ1) is 15.5. The number of hydrogen-bond acceptors (Lipinski definition) is 4. The van der Waals surface area contributed by atoms with E-state index in [2.05, 4.69) is 37.8 Å². The van der Waals surface area contributed by atoms with Crippen molar-refractivity contribution < 1.29 is 9.90 Å². The number of hydrogen-bond donors (Lipinski definition) is 1. The summed E-state index contributed by atoms with van der Waals surface area (Å²) in [4.78, 5) is 17.9. The van der Waals surface area contributed by atoms with Gasteiger partial charge in [-0.15, -0.1) is 11.3 Å². The first-order chi connectivity index (χ1) is 9.34. The van der Waals surface area contributed by atoms with Gasteiger partial charge in [-0.1, -0.05) is 20.8 Å². The third-order valence-corrected chi connectivity index (χ3v) is 5.10. The Morgan fingerprint density at radius 2 is 1.80 bits per heavy atom. The predicted molar refractivity (Wildman–Crippen MR) is 82.4 cm³/mol. The van der Waals surface area contributed by atoms with Crippen LogP contribution in [0.3, 0.4) is 0 Å². The van der Waals surface area contributed by atoms with Crippen LogP contribution in [0.25, 0.3) is 0 Å². The number of thiophene rings is 1. The summed E-state index contributed by atoms with van der Waals surface area (Å²) >= 11 is 1.90. The maximum absolute atomic E-state index is 10.7. The van der Waals surface area contributed by atoms with E-state index in [0.717, 1.165) is 32.7 Å². The van der Waals surface area contributed by atoms with Crippen molar-refractivity contribution in [2.75, 3.05) is 32.7 Å². The molecule has 0 radical (unpaired) electrons. The molecule has 1 fully saturated rings. The molecule has 1 saturated heterocycles. The van der Waals surface area contributed by atoms with Gasteiger partial charge in [-0.2, -0.15) is 0 Å². The van der Waals surface area contributed by atoms with Gasteiger partial charge in [0.05, 0.1) is 6.54 Å². The van der Waals surface area contributed by atoms with Crippen molar-refractivity contribution in [3.63, 3.8) is 0 Å². The second-order valence-corrected chi connectivity index (χ2v) is 7.63. The fourth-order valence-corrected chi connectivity index (χ4v) is 3.49. The van der Waals surface area contributed by atoms with Crippen LogP contribution in [-0.4, -0.2) is 53.6 Å². The Morgan fingerprint density at radius 1 is 1.20 bits per heavy atom. The summed E-state index contributed by atoms with van der Waals surface area (Å²) in [7, 11) is 0. The van der Waals surface area contributed by atoms with Crippen LogP contribution >= 0.6 is 11.3 Å². The average molecular weight is 296 g/mol. The van der Waals surface area contributed by atoms with Gasteiger partial charge in [0.25, 0.3) is 0 Å². The topological polar surface area (TPSA) is 43.8 Å². The predicted octanol–water partition coefficient (Wildman–Crippen LogP) is 2.25. The molecular formula is C15H24N2O2S. The lowest BCUT2D eigenvalue weighted by Crippen LogP contribution is -2.47. The third kappa shape index (κ3) is 4.30. The Bertz CT molecular complexity index is 457. The lowest BCUT2D eigenvalue weighted by atomic mass is 9.95. The van der Waals surface area contributed by atoms with E-state index >= 15 is 0 Å². The van der Waals surface area contributed by atoms with E-state index in [1.165, 1.54) is 9.75 Å². The van der Waals surface area contributed by atoms with Crippen LogP contribution in [-0.2, 0) is 16.8 Å². The second-order valence-electron chi connectivity index (χ2n) is 6.46. The molecule has 0 unspecified atom stereocenters. The molecule has 0 atom stereocenters. The summed E-state index contributed by atoms with van der Waals surface area (Å²) in [6.07, 6.45) is 0. The Morgan fingerprint density at radius 3 is 2.30 bits per heavy atom. The number of carboxylic acid groups (broad SMARTS) is 1. The van der Waals surface area contributed by atoms with Crippen molar-refractivity contribution in [2.45, 2.75) is 32.7 Å². The molecule has 0 aliphatic carbocycles. The van der Waals surface area contributed by atoms with E-state index in [1.54, 1.807) is 0 Å². The van der Waals surface area contributed by atoms with Crippen LogP contribution in [0.5, 0.6) is 0 Å². The molecule has 2 heterocycles. The number of carboxylic acids is 1. The monoisotopic (exact) mass is 296 g/mol. The fraction of sp³-hybridized carbons (Fsp3) is 0.667. The maximum Gasteiger partial charge on any atom is 0.317 e. The zero-order valence-corrected chi connectivity index (χ0v) is 13.4. The minimum absolute atomic E-state index is 0.168. The number of aliphatic carboxylic acids is 1. The van der Waals surface area contributed by atoms with Crippen molar-refractivity contribution in [3.05, 3.63) is 21.9 Å². The molecule has 1 aromatic heterocycles. The van der Waals surface area contributed by atoms with E-state index in [-0.39, 0.29) is 12.0 Å². The van der Waals surface area contributed by atoms with E-state index in [4.69, 9.17) is 5.11 Å². The molecule has 112 valence electrons. The Balaban J connectivity index is 1.84. The van der Waals surface area contributed by atoms with Crippen molar-refractivity contribution in [1.29, 1.82) is 0 Å².